The summed E-state index contributed by atoms with van der Waals surface area (Å²) in [6.07, 6.45) is 0. The Bertz CT molecular complexity index is 676. The van der Waals surface area contributed by atoms with Crippen LogP contribution >= 0.6 is 19.0 Å². The highest BCUT2D eigenvalue weighted by Gasteiger charge is 2.42. The van der Waals surface area contributed by atoms with Crippen molar-refractivity contribution in [3.05, 3.63) is 102 Å². The first-order chi connectivity index (χ1) is 11.9. The zero-order chi connectivity index (χ0) is 16.7. The lowest BCUT2D eigenvalue weighted by molar-refractivity contribution is -0.00000460. The minimum absolute atomic E-state index is 0. The van der Waals surface area contributed by atoms with Gasteiger partial charge in [-0.2, -0.15) is 0 Å². The molecule has 0 spiro atoms. The predicted molar refractivity (Wildman–Crippen MR) is 112 cm³/mol. The third kappa shape index (κ3) is 4.44. The molecule has 3 heteroatoms. The SMILES string of the molecule is CCS/C=C/[P+](c1ccccc1)(c1ccccc1)c1ccccc1.[Br-]. The molecule has 0 radical (unpaired) electrons. The zero-order valence-corrected chi connectivity index (χ0v) is 17.6. The molecule has 0 bridgehead atoms. The van der Waals surface area contributed by atoms with Gasteiger partial charge in [0.05, 0.1) is 5.82 Å². The van der Waals surface area contributed by atoms with Crippen molar-refractivity contribution in [2.24, 2.45) is 0 Å². The maximum atomic E-state index is 2.46. The topological polar surface area (TPSA) is 0 Å². The van der Waals surface area contributed by atoms with E-state index in [4.69, 9.17) is 0 Å². The number of hydrogen-bond acceptors (Lipinski definition) is 1. The fourth-order valence-corrected chi connectivity index (χ4v) is 7.53. The molecule has 0 saturated heterocycles. The molecule has 0 atom stereocenters. The highest BCUT2D eigenvalue weighted by atomic mass is 79.9. The second-order valence-electron chi connectivity index (χ2n) is 5.47. The van der Waals surface area contributed by atoms with Gasteiger partial charge < -0.3 is 17.0 Å². The summed E-state index contributed by atoms with van der Waals surface area (Å²) >= 11 is 1.87. The molecule has 128 valence electrons. The second kappa shape index (κ2) is 9.97. The van der Waals surface area contributed by atoms with Gasteiger partial charge in [0.15, 0.2) is 0 Å². The third-order valence-corrected chi connectivity index (χ3v) is 8.84. The van der Waals surface area contributed by atoms with Gasteiger partial charge in [-0.05, 0) is 42.2 Å². The molecule has 0 fully saturated rings. The van der Waals surface area contributed by atoms with Crippen LogP contribution in [0.2, 0.25) is 0 Å². The lowest BCUT2D eigenvalue weighted by Crippen LogP contribution is -3.00. The van der Waals surface area contributed by atoms with Crippen LogP contribution in [0.4, 0.5) is 0 Å². The van der Waals surface area contributed by atoms with Crippen molar-refractivity contribution in [1.29, 1.82) is 0 Å². The van der Waals surface area contributed by atoms with Crippen LogP contribution in [0.25, 0.3) is 0 Å². The maximum Gasteiger partial charge on any atom is 0.137 e. The van der Waals surface area contributed by atoms with Crippen molar-refractivity contribution in [3.8, 4) is 0 Å². The van der Waals surface area contributed by atoms with Crippen LogP contribution in [0.1, 0.15) is 6.92 Å². The van der Waals surface area contributed by atoms with E-state index in [1.54, 1.807) is 0 Å². The van der Waals surface area contributed by atoms with Crippen LogP contribution in [0.3, 0.4) is 0 Å². The molecular formula is C22H22BrPS. The summed E-state index contributed by atoms with van der Waals surface area (Å²) in [5, 5.41) is 6.49. The molecule has 0 N–H and O–H groups in total. The summed E-state index contributed by atoms with van der Waals surface area (Å²) in [6.45, 7) is 2.20. The van der Waals surface area contributed by atoms with Crippen molar-refractivity contribution in [3.63, 3.8) is 0 Å². The number of rotatable bonds is 6. The molecule has 0 aromatic heterocycles. The van der Waals surface area contributed by atoms with Crippen LogP contribution in [0.5, 0.6) is 0 Å². The van der Waals surface area contributed by atoms with Crippen molar-refractivity contribution in [2.45, 2.75) is 6.92 Å². The van der Waals surface area contributed by atoms with Crippen LogP contribution in [-0.4, -0.2) is 5.75 Å². The Morgan fingerprint density at radius 1 is 0.680 bits per heavy atom. The molecule has 3 aromatic carbocycles. The molecule has 3 aromatic rings. The van der Waals surface area contributed by atoms with Gasteiger partial charge in [0.25, 0.3) is 0 Å². The van der Waals surface area contributed by atoms with Gasteiger partial charge in [0.2, 0.25) is 0 Å². The Balaban J connectivity index is 0.00000225. The summed E-state index contributed by atoms with van der Waals surface area (Å²) in [5.74, 6) is 3.55. The van der Waals surface area contributed by atoms with E-state index in [1.807, 2.05) is 11.8 Å². The number of thioether (sulfide) groups is 1. The van der Waals surface area contributed by atoms with Crippen LogP contribution in [-0.2, 0) is 0 Å². The molecule has 0 saturated carbocycles. The van der Waals surface area contributed by atoms with E-state index in [2.05, 4.69) is 109 Å². The van der Waals surface area contributed by atoms with E-state index >= 15 is 0 Å². The zero-order valence-electron chi connectivity index (χ0n) is 14.3. The van der Waals surface area contributed by atoms with E-state index in [-0.39, 0.29) is 17.0 Å². The van der Waals surface area contributed by atoms with E-state index in [0.29, 0.717) is 0 Å². The molecule has 0 heterocycles. The lowest BCUT2D eigenvalue weighted by atomic mass is 10.4. The summed E-state index contributed by atoms with van der Waals surface area (Å²) in [7, 11) is -1.78. The Labute approximate surface area is 166 Å². The first-order valence-corrected chi connectivity index (χ1v) is 11.1. The van der Waals surface area contributed by atoms with E-state index in [0.717, 1.165) is 5.75 Å². The van der Waals surface area contributed by atoms with Crippen molar-refractivity contribution < 1.29 is 17.0 Å². The van der Waals surface area contributed by atoms with Gasteiger partial charge in [0.1, 0.15) is 23.2 Å². The maximum absolute atomic E-state index is 2.46. The van der Waals surface area contributed by atoms with Gasteiger partial charge >= 0.3 is 0 Å². The fraction of sp³-hybridized carbons (Fsp3) is 0.0909. The minimum Gasteiger partial charge on any atom is -1.00 e. The van der Waals surface area contributed by atoms with Crippen molar-refractivity contribution >= 4 is 34.9 Å². The number of benzene rings is 3. The summed E-state index contributed by atoms with van der Waals surface area (Å²) in [6, 6.07) is 32.8. The standard InChI is InChI=1S/C22H22PS.BrH/c1-2-24-19-18-23(20-12-6-3-7-13-20,21-14-8-4-9-15-21)22-16-10-5-11-17-22;/h3-19H,2H2,1H3;1H/q+1;/p-1/b19-18+;. The van der Waals surface area contributed by atoms with Crippen molar-refractivity contribution in [2.75, 3.05) is 5.75 Å². The van der Waals surface area contributed by atoms with Gasteiger partial charge in [-0.15, -0.1) is 11.8 Å². The molecule has 0 nitrogen and oxygen atoms in total. The normalized spacial score (nSPS) is 11.2. The van der Waals surface area contributed by atoms with Gasteiger partial charge in [-0.25, -0.2) is 0 Å². The quantitative estimate of drug-likeness (QED) is 0.542. The Hall–Kier alpha value is -1.34. The first kappa shape index (κ1) is 20.0. The second-order valence-corrected chi connectivity index (χ2v) is 9.95. The predicted octanol–water partition coefficient (Wildman–Crippen LogP) is 2.21. The Morgan fingerprint density at radius 2 is 1.04 bits per heavy atom. The van der Waals surface area contributed by atoms with Gasteiger partial charge in [-0.3, -0.25) is 0 Å². The van der Waals surface area contributed by atoms with E-state index in [9.17, 15) is 0 Å². The van der Waals surface area contributed by atoms with E-state index in [1.165, 1.54) is 15.9 Å². The fourth-order valence-electron chi connectivity index (χ4n) is 2.93. The van der Waals surface area contributed by atoms with Crippen LogP contribution in [0.15, 0.2) is 102 Å². The highest BCUT2D eigenvalue weighted by Crippen LogP contribution is 2.57. The molecule has 3 rings (SSSR count). The van der Waals surface area contributed by atoms with Crippen LogP contribution in [0, 0.1) is 0 Å². The van der Waals surface area contributed by atoms with E-state index < -0.39 is 7.26 Å². The Morgan fingerprint density at radius 3 is 1.36 bits per heavy atom. The molecule has 0 aliphatic rings. The summed E-state index contributed by atoms with van der Waals surface area (Å²) < 4.78 is 0. The van der Waals surface area contributed by atoms with Crippen LogP contribution < -0.4 is 32.9 Å². The summed E-state index contributed by atoms with van der Waals surface area (Å²) in [4.78, 5) is 0. The molecule has 0 aliphatic heterocycles. The third-order valence-electron chi connectivity index (χ3n) is 4.04. The largest absolute Gasteiger partial charge is 1.00 e. The summed E-state index contributed by atoms with van der Waals surface area (Å²) in [5.41, 5.74) is 0. The molecule has 0 unspecified atom stereocenters. The average Bonchev–Trinajstić information content (AvgIpc) is 2.68. The van der Waals surface area contributed by atoms with Gasteiger partial charge in [0, 0.05) is 5.41 Å². The van der Waals surface area contributed by atoms with Crippen molar-refractivity contribution in [1.82, 2.24) is 0 Å². The highest BCUT2D eigenvalue weighted by molar-refractivity contribution is 8.03. The smallest absolute Gasteiger partial charge is 0.137 e. The number of halogens is 1. The average molecular weight is 429 g/mol. The van der Waals surface area contributed by atoms with Gasteiger partial charge in [-0.1, -0.05) is 61.5 Å². The minimum atomic E-state index is -1.78. The molecule has 25 heavy (non-hydrogen) atoms. The monoisotopic (exact) mass is 428 g/mol. The Kier molecular flexibility index (Phi) is 7.96. The molecular weight excluding hydrogens is 407 g/mol. The number of hydrogen-bond donors (Lipinski definition) is 0. The first-order valence-electron chi connectivity index (χ1n) is 8.23. The molecule has 0 aliphatic carbocycles. The lowest BCUT2D eigenvalue weighted by Gasteiger charge is -2.23. The molecule has 0 amide bonds.